The topological polar surface area (TPSA) is 50.2 Å². The van der Waals surface area contributed by atoms with Gasteiger partial charge in [0.1, 0.15) is 6.54 Å². The van der Waals surface area contributed by atoms with Crippen LogP contribution in [-0.2, 0) is 11.3 Å². The van der Waals surface area contributed by atoms with Crippen molar-refractivity contribution in [3.8, 4) is 0 Å². The quantitative estimate of drug-likeness (QED) is 0.859. The maximum absolute atomic E-state index is 12.2. The molecule has 1 amide bonds. The van der Waals surface area contributed by atoms with Crippen LogP contribution in [0.1, 0.15) is 24.2 Å². The van der Waals surface area contributed by atoms with E-state index in [4.69, 9.17) is 0 Å². The number of hydrogen-bond acceptors (Lipinski definition) is 3. The fourth-order valence-electron chi connectivity index (χ4n) is 2.50. The Kier molecular flexibility index (Phi) is 4.01. The summed E-state index contributed by atoms with van der Waals surface area (Å²) in [5, 5.41) is 7.59. The number of rotatable bonds is 3. The van der Waals surface area contributed by atoms with E-state index in [1.54, 1.807) is 4.68 Å². The monoisotopic (exact) mass is 250 g/mol. The minimum atomic E-state index is 0.168. The maximum atomic E-state index is 12.2. The number of aryl methyl sites for hydroxylation is 2. The van der Waals surface area contributed by atoms with Crippen LogP contribution in [0.2, 0.25) is 0 Å². The highest BCUT2D eigenvalue weighted by molar-refractivity contribution is 5.76. The van der Waals surface area contributed by atoms with Crippen molar-refractivity contribution >= 4 is 5.91 Å². The number of nitrogens with zero attached hydrogens (tertiary/aromatic N) is 3. The number of aromatic nitrogens is 2. The Morgan fingerprint density at radius 1 is 1.56 bits per heavy atom. The first kappa shape index (κ1) is 13.1. The molecule has 2 heterocycles. The van der Waals surface area contributed by atoms with Crippen molar-refractivity contribution in [2.24, 2.45) is 0 Å². The lowest BCUT2D eigenvalue weighted by Gasteiger charge is -2.32. The van der Waals surface area contributed by atoms with Gasteiger partial charge >= 0.3 is 0 Å². The molecular weight excluding hydrogens is 228 g/mol. The number of hydrogen-bond donors (Lipinski definition) is 1. The summed E-state index contributed by atoms with van der Waals surface area (Å²) in [6, 6.07) is 2.43. The van der Waals surface area contributed by atoms with Crippen molar-refractivity contribution in [2.45, 2.75) is 39.3 Å². The molecule has 5 nitrogen and oxygen atoms in total. The molecule has 18 heavy (non-hydrogen) atoms. The Morgan fingerprint density at radius 3 is 2.94 bits per heavy atom. The molecule has 0 radical (unpaired) electrons. The third-order valence-corrected chi connectivity index (χ3v) is 3.57. The Morgan fingerprint density at radius 2 is 2.33 bits per heavy atom. The van der Waals surface area contributed by atoms with Gasteiger partial charge in [0, 0.05) is 24.8 Å². The second-order valence-corrected chi connectivity index (χ2v) is 5.05. The second-order valence-electron chi connectivity index (χ2n) is 5.05. The Balaban J connectivity index is 1.97. The molecule has 1 N–H and O–H groups in total. The summed E-state index contributed by atoms with van der Waals surface area (Å²) in [4.78, 5) is 14.2. The molecule has 2 rings (SSSR count). The van der Waals surface area contributed by atoms with Gasteiger partial charge in [-0.15, -0.1) is 0 Å². The van der Waals surface area contributed by atoms with Crippen molar-refractivity contribution in [1.82, 2.24) is 20.0 Å². The highest BCUT2D eigenvalue weighted by atomic mass is 16.2. The molecule has 100 valence electrons. The van der Waals surface area contributed by atoms with Crippen LogP contribution in [0, 0.1) is 13.8 Å². The molecule has 1 fully saturated rings. The van der Waals surface area contributed by atoms with Gasteiger partial charge < -0.3 is 10.2 Å². The predicted molar refractivity (Wildman–Crippen MR) is 70.4 cm³/mol. The molecule has 0 aliphatic carbocycles. The molecule has 5 heteroatoms. The molecule has 1 aliphatic heterocycles. The lowest BCUT2D eigenvalue weighted by molar-refractivity contribution is -0.133. The molecule has 1 aromatic rings. The second kappa shape index (κ2) is 5.52. The van der Waals surface area contributed by atoms with Crippen LogP contribution >= 0.6 is 0 Å². The lowest BCUT2D eigenvalue weighted by atomic mass is 10.1. The van der Waals surface area contributed by atoms with E-state index in [0.29, 0.717) is 12.6 Å². The number of likely N-dealkylation sites (tertiary alicyclic amines) is 1. The van der Waals surface area contributed by atoms with Gasteiger partial charge in [-0.25, -0.2) is 0 Å². The first-order valence-electron chi connectivity index (χ1n) is 6.56. The van der Waals surface area contributed by atoms with Crippen molar-refractivity contribution in [3.05, 3.63) is 17.5 Å². The molecule has 1 aromatic heterocycles. The first-order valence-corrected chi connectivity index (χ1v) is 6.56. The minimum Gasteiger partial charge on any atom is -0.340 e. The summed E-state index contributed by atoms with van der Waals surface area (Å²) < 4.78 is 1.79. The summed E-state index contributed by atoms with van der Waals surface area (Å²) in [7, 11) is 1.96. The maximum Gasteiger partial charge on any atom is 0.244 e. The Hall–Kier alpha value is -1.36. The SMILES string of the molecule is CNC1CCCN(C(=O)Cn2nc(C)cc2C)C1. The van der Waals surface area contributed by atoms with Crippen molar-refractivity contribution in [3.63, 3.8) is 0 Å². The van der Waals surface area contributed by atoms with Crippen molar-refractivity contribution in [2.75, 3.05) is 20.1 Å². The van der Waals surface area contributed by atoms with Crippen LogP contribution in [0.3, 0.4) is 0 Å². The summed E-state index contributed by atoms with van der Waals surface area (Å²) in [6.07, 6.45) is 2.23. The molecule has 0 aromatic carbocycles. The average Bonchev–Trinajstić information content (AvgIpc) is 2.68. The number of likely N-dealkylation sites (N-methyl/N-ethyl adjacent to an activating group) is 1. The highest BCUT2D eigenvalue weighted by Gasteiger charge is 2.23. The Bertz CT molecular complexity index is 427. The number of amides is 1. The van der Waals surface area contributed by atoms with E-state index >= 15 is 0 Å². The third-order valence-electron chi connectivity index (χ3n) is 3.57. The van der Waals surface area contributed by atoms with Gasteiger partial charge in [0.2, 0.25) is 5.91 Å². The van der Waals surface area contributed by atoms with Crippen LogP contribution in [-0.4, -0.2) is 46.8 Å². The van der Waals surface area contributed by atoms with Crippen LogP contribution in [0.25, 0.3) is 0 Å². The molecular formula is C13H22N4O. The zero-order valence-corrected chi connectivity index (χ0v) is 11.4. The van der Waals surface area contributed by atoms with E-state index in [9.17, 15) is 4.79 Å². The zero-order chi connectivity index (χ0) is 13.1. The van der Waals surface area contributed by atoms with Gasteiger partial charge in [0.05, 0.1) is 5.69 Å². The van der Waals surface area contributed by atoms with E-state index in [0.717, 1.165) is 37.3 Å². The van der Waals surface area contributed by atoms with Crippen molar-refractivity contribution < 1.29 is 4.79 Å². The van der Waals surface area contributed by atoms with E-state index in [1.165, 1.54) is 0 Å². The molecule has 1 atom stereocenters. The van der Waals surface area contributed by atoms with Gasteiger partial charge in [0.15, 0.2) is 0 Å². The summed E-state index contributed by atoms with van der Waals surface area (Å²) in [5.74, 6) is 0.168. The number of piperidine rings is 1. The molecule has 1 saturated heterocycles. The highest BCUT2D eigenvalue weighted by Crippen LogP contribution is 2.11. The number of nitrogens with one attached hydrogen (secondary N) is 1. The average molecular weight is 250 g/mol. The van der Waals surface area contributed by atoms with Gasteiger partial charge in [0.25, 0.3) is 0 Å². The zero-order valence-electron chi connectivity index (χ0n) is 11.4. The van der Waals surface area contributed by atoms with E-state index in [2.05, 4.69) is 10.4 Å². The minimum absolute atomic E-state index is 0.168. The molecule has 0 spiro atoms. The molecule has 0 saturated carbocycles. The Labute approximate surface area is 108 Å². The van der Waals surface area contributed by atoms with Gasteiger partial charge in [-0.2, -0.15) is 5.10 Å². The fourth-order valence-corrected chi connectivity index (χ4v) is 2.50. The molecule has 1 unspecified atom stereocenters. The summed E-state index contributed by atoms with van der Waals surface area (Å²) >= 11 is 0. The first-order chi connectivity index (χ1) is 8.60. The smallest absolute Gasteiger partial charge is 0.244 e. The van der Waals surface area contributed by atoms with Gasteiger partial charge in [-0.05, 0) is 39.8 Å². The standard InChI is InChI=1S/C13H22N4O/c1-10-7-11(2)17(15-10)9-13(18)16-6-4-5-12(8-16)14-3/h7,12,14H,4-6,8-9H2,1-3H3. The lowest BCUT2D eigenvalue weighted by Crippen LogP contribution is -2.48. The van der Waals surface area contributed by atoms with Crippen LogP contribution in [0.5, 0.6) is 0 Å². The fraction of sp³-hybridized carbons (Fsp3) is 0.692. The number of carbonyl (C=O) groups excluding carboxylic acids is 1. The summed E-state index contributed by atoms with van der Waals surface area (Å²) in [5.41, 5.74) is 2.01. The molecule has 1 aliphatic rings. The normalized spacial score (nSPS) is 20.2. The third kappa shape index (κ3) is 2.90. The van der Waals surface area contributed by atoms with Gasteiger partial charge in [-0.3, -0.25) is 9.48 Å². The van der Waals surface area contributed by atoms with E-state index in [-0.39, 0.29) is 5.91 Å². The molecule has 0 bridgehead atoms. The van der Waals surface area contributed by atoms with Crippen LogP contribution in [0.15, 0.2) is 6.07 Å². The number of carbonyl (C=O) groups is 1. The summed E-state index contributed by atoms with van der Waals surface area (Å²) in [6.45, 7) is 5.98. The van der Waals surface area contributed by atoms with Gasteiger partial charge in [-0.1, -0.05) is 0 Å². The van der Waals surface area contributed by atoms with Crippen LogP contribution < -0.4 is 5.32 Å². The largest absolute Gasteiger partial charge is 0.340 e. The van der Waals surface area contributed by atoms with Crippen molar-refractivity contribution in [1.29, 1.82) is 0 Å². The predicted octanol–water partition coefficient (Wildman–Crippen LogP) is 0.710. The van der Waals surface area contributed by atoms with E-state index in [1.807, 2.05) is 31.9 Å². The van der Waals surface area contributed by atoms with E-state index < -0.39 is 0 Å². The van der Waals surface area contributed by atoms with Crippen LogP contribution in [0.4, 0.5) is 0 Å².